The molecular weight excluding hydrogens is 172 g/mol. The lowest BCUT2D eigenvalue weighted by molar-refractivity contribution is 0.182. The summed E-state index contributed by atoms with van der Waals surface area (Å²) in [7, 11) is 1.68. The molecule has 0 atom stereocenters. The van der Waals surface area contributed by atoms with E-state index in [1.54, 1.807) is 18.4 Å². The van der Waals surface area contributed by atoms with Crippen LogP contribution in [0.5, 0.6) is 0 Å². The molecule has 0 unspecified atom stereocenters. The summed E-state index contributed by atoms with van der Waals surface area (Å²) in [6, 6.07) is 0. The predicted octanol–water partition coefficient (Wildman–Crippen LogP) is 1.85. The minimum Gasteiger partial charge on any atom is -0.378 e. The monoisotopic (exact) mass is 182 g/mol. The number of nitrogens with zero attached hydrogens (tertiary/aromatic N) is 2. The van der Waals surface area contributed by atoms with E-state index in [1.165, 1.54) is 5.69 Å². The Bertz CT molecular complexity index is 391. The quantitative estimate of drug-likeness (QED) is 0.708. The number of methoxy groups -OCH3 is 1. The smallest absolute Gasteiger partial charge is 0.194 e. The number of thiazole rings is 1. The molecule has 0 amide bonds. The van der Waals surface area contributed by atoms with Gasteiger partial charge in [-0.25, -0.2) is 4.98 Å². The van der Waals surface area contributed by atoms with Gasteiger partial charge < -0.3 is 4.74 Å². The number of aromatic nitrogens is 2. The number of hydrogen-bond donors (Lipinski definition) is 0. The van der Waals surface area contributed by atoms with Gasteiger partial charge >= 0.3 is 0 Å². The first-order valence-corrected chi connectivity index (χ1v) is 4.60. The van der Waals surface area contributed by atoms with Gasteiger partial charge in [-0.05, 0) is 6.92 Å². The van der Waals surface area contributed by atoms with Gasteiger partial charge in [-0.1, -0.05) is 0 Å². The molecule has 2 aromatic heterocycles. The SMILES string of the molecule is COCc1cn2c(C)csc2n1. The number of aryl methyl sites for hydroxylation is 1. The van der Waals surface area contributed by atoms with E-state index < -0.39 is 0 Å². The molecule has 0 aliphatic heterocycles. The molecule has 3 nitrogen and oxygen atoms in total. The van der Waals surface area contributed by atoms with E-state index in [0.29, 0.717) is 6.61 Å². The van der Waals surface area contributed by atoms with Crippen molar-refractivity contribution < 1.29 is 4.74 Å². The van der Waals surface area contributed by atoms with Crippen molar-refractivity contribution in [2.45, 2.75) is 13.5 Å². The van der Waals surface area contributed by atoms with Crippen molar-refractivity contribution in [1.29, 1.82) is 0 Å². The second kappa shape index (κ2) is 2.88. The third-order valence-electron chi connectivity index (χ3n) is 1.73. The van der Waals surface area contributed by atoms with E-state index in [2.05, 4.69) is 21.7 Å². The van der Waals surface area contributed by atoms with E-state index in [9.17, 15) is 0 Å². The van der Waals surface area contributed by atoms with Gasteiger partial charge in [0.05, 0.1) is 12.3 Å². The fourth-order valence-corrected chi connectivity index (χ4v) is 2.03. The maximum atomic E-state index is 5.00. The number of imidazole rings is 1. The van der Waals surface area contributed by atoms with Crippen molar-refractivity contribution in [2.24, 2.45) is 0 Å². The largest absolute Gasteiger partial charge is 0.378 e. The zero-order valence-electron chi connectivity index (χ0n) is 7.07. The Labute approximate surface area is 74.6 Å². The number of hydrogen-bond acceptors (Lipinski definition) is 3. The van der Waals surface area contributed by atoms with Crippen molar-refractivity contribution in [3.63, 3.8) is 0 Å². The summed E-state index contributed by atoms with van der Waals surface area (Å²) in [4.78, 5) is 5.42. The summed E-state index contributed by atoms with van der Waals surface area (Å²) in [6.45, 7) is 2.66. The Morgan fingerprint density at radius 1 is 1.67 bits per heavy atom. The molecule has 4 heteroatoms. The van der Waals surface area contributed by atoms with Crippen molar-refractivity contribution in [3.8, 4) is 0 Å². The van der Waals surface area contributed by atoms with Gasteiger partial charge in [-0.3, -0.25) is 4.40 Å². The van der Waals surface area contributed by atoms with Crippen LogP contribution in [0.15, 0.2) is 11.6 Å². The van der Waals surface area contributed by atoms with Crippen molar-refractivity contribution in [1.82, 2.24) is 9.38 Å². The molecule has 0 spiro atoms. The van der Waals surface area contributed by atoms with Gasteiger partial charge in [-0.2, -0.15) is 0 Å². The lowest BCUT2D eigenvalue weighted by atomic mass is 10.5. The molecule has 12 heavy (non-hydrogen) atoms. The molecule has 0 aromatic carbocycles. The normalized spacial score (nSPS) is 11.2. The fourth-order valence-electron chi connectivity index (χ4n) is 1.16. The van der Waals surface area contributed by atoms with Crippen molar-refractivity contribution >= 4 is 16.3 Å². The summed E-state index contributed by atoms with van der Waals surface area (Å²) >= 11 is 1.66. The van der Waals surface area contributed by atoms with Gasteiger partial charge in [-0.15, -0.1) is 11.3 Å². The standard InChI is InChI=1S/C8H10N2OS/c1-6-5-12-8-9-7(4-11-2)3-10(6)8/h3,5H,4H2,1-2H3. The Balaban J connectivity index is 2.48. The summed E-state index contributed by atoms with van der Waals surface area (Å²) in [5.41, 5.74) is 2.22. The van der Waals surface area contributed by atoms with Crippen molar-refractivity contribution in [3.05, 3.63) is 23.0 Å². The zero-order valence-corrected chi connectivity index (χ0v) is 7.89. The van der Waals surface area contributed by atoms with E-state index in [0.717, 1.165) is 10.7 Å². The molecule has 2 rings (SSSR count). The average molecular weight is 182 g/mol. The summed E-state index contributed by atoms with van der Waals surface area (Å²) in [6.07, 6.45) is 2.02. The van der Waals surface area contributed by atoms with Crippen LogP contribution in [0.3, 0.4) is 0 Å². The van der Waals surface area contributed by atoms with Gasteiger partial charge in [0, 0.05) is 24.4 Å². The summed E-state index contributed by atoms with van der Waals surface area (Å²) < 4.78 is 7.08. The van der Waals surface area contributed by atoms with Crippen molar-refractivity contribution in [2.75, 3.05) is 7.11 Å². The van der Waals surface area contributed by atoms with E-state index in [4.69, 9.17) is 4.74 Å². The second-order valence-electron chi connectivity index (χ2n) is 2.69. The molecular formula is C8H10N2OS. The third kappa shape index (κ3) is 1.13. The van der Waals surface area contributed by atoms with Gasteiger partial charge in [0.25, 0.3) is 0 Å². The molecule has 0 N–H and O–H groups in total. The Morgan fingerprint density at radius 3 is 3.17 bits per heavy atom. The van der Waals surface area contributed by atoms with Crippen LogP contribution in [-0.2, 0) is 11.3 Å². The zero-order chi connectivity index (χ0) is 8.55. The van der Waals surface area contributed by atoms with E-state index >= 15 is 0 Å². The van der Waals surface area contributed by atoms with Crippen LogP contribution in [0.1, 0.15) is 11.4 Å². The molecule has 64 valence electrons. The Kier molecular flexibility index (Phi) is 1.86. The topological polar surface area (TPSA) is 26.5 Å². The molecule has 0 aliphatic rings. The molecule has 2 heterocycles. The van der Waals surface area contributed by atoms with Crippen LogP contribution in [0.2, 0.25) is 0 Å². The van der Waals surface area contributed by atoms with Gasteiger partial charge in [0.1, 0.15) is 0 Å². The van der Waals surface area contributed by atoms with Crippen LogP contribution in [0.4, 0.5) is 0 Å². The average Bonchev–Trinajstić information content (AvgIpc) is 2.55. The van der Waals surface area contributed by atoms with Gasteiger partial charge in [0.2, 0.25) is 0 Å². The fraction of sp³-hybridized carbons (Fsp3) is 0.375. The minimum atomic E-state index is 0.591. The highest BCUT2D eigenvalue weighted by Crippen LogP contribution is 2.15. The van der Waals surface area contributed by atoms with Crippen LogP contribution in [-0.4, -0.2) is 16.5 Å². The first kappa shape index (κ1) is 7.76. The summed E-state index contributed by atoms with van der Waals surface area (Å²) in [5, 5.41) is 2.10. The lowest BCUT2D eigenvalue weighted by Crippen LogP contribution is -1.86. The molecule has 0 fully saturated rings. The summed E-state index contributed by atoms with van der Waals surface area (Å²) in [5.74, 6) is 0. The number of rotatable bonds is 2. The number of fused-ring (bicyclic) bond motifs is 1. The molecule has 0 bridgehead atoms. The van der Waals surface area contributed by atoms with E-state index in [-0.39, 0.29) is 0 Å². The van der Waals surface area contributed by atoms with E-state index in [1.807, 2.05) is 6.20 Å². The highest BCUT2D eigenvalue weighted by molar-refractivity contribution is 7.15. The molecule has 2 aromatic rings. The lowest BCUT2D eigenvalue weighted by Gasteiger charge is -1.89. The highest BCUT2D eigenvalue weighted by Gasteiger charge is 2.03. The Hall–Kier alpha value is -0.870. The first-order valence-electron chi connectivity index (χ1n) is 3.72. The molecule has 0 saturated carbocycles. The van der Waals surface area contributed by atoms with Crippen LogP contribution < -0.4 is 0 Å². The number of ether oxygens (including phenoxy) is 1. The van der Waals surface area contributed by atoms with Crippen LogP contribution in [0.25, 0.3) is 4.96 Å². The minimum absolute atomic E-state index is 0.591. The predicted molar refractivity (Wildman–Crippen MR) is 48.5 cm³/mol. The maximum absolute atomic E-state index is 5.00. The first-order chi connectivity index (χ1) is 5.81. The third-order valence-corrected chi connectivity index (χ3v) is 2.69. The molecule has 0 saturated heterocycles. The maximum Gasteiger partial charge on any atom is 0.194 e. The Morgan fingerprint density at radius 2 is 2.50 bits per heavy atom. The van der Waals surface area contributed by atoms with Crippen LogP contribution in [0, 0.1) is 6.92 Å². The highest BCUT2D eigenvalue weighted by atomic mass is 32.1. The second-order valence-corrected chi connectivity index (χ2v) is 3.53. The molecule has 0 radical (unpaired) electrons. The van der Waals surface area contributed by atoms with Crippen LogP contribution >= 0.6 is 11.3 Å². The van der Waals surface area contributed by atoms with Gasteiger partial charge in [0.15, 0.2) is 4.96 Å². The molecule has 0 aliphatic carbocycles.